The Morgan fingerprint density at radius 3 is 2.30 bits per heavy atom. The van der Waals surface area contributed by atoms with Gasteiger partial charge in [0.05, 0.1) is 0 Å². The maximum absolute atomic E-state index is 12.3. The lowest BCUT2D eigenvalue weighted by Gasteiger charge is -2.07. The van der Waals surface area contributed by atoms with Crippen molar-refractivity contribution < 1.29 is 14.3 Å². The molecule has 2 aromatic carbocycles. The zero-order chi connectivity index (χ0) is 14.0. The number of Topliss-reactive ketones (excluding diaryl/α,β-unsaturated/α-hetero) is 1. The molecule has 1 aliphatic rings. The molecule has 1 heterocycles. The van der Waals surface area contributed by atoms with E-state index in [0.717, 1.165) is 17.3 Å². The second-order valence-corrected chi connectivity index (χ2v) is 4.62. The highest BCUT2D eigenvalue weighted by Gasteiger charge is 2.64. The van der Waals surface area contributed by atoms with E-state index in [-0.39, 0.29) is 11.9 Å². The molecule has 0 aromatic heterocycles. The van der Waals surface area contributed by atoms with E-state index < -0.39 is 5.60 Å². The van der Waals surface area contributed by atoms with Crippen LogP contribution in [-0.2, 0) is 15.1 Å². The van der Waals surface area contributed by atoms with Gasteiger partial charge in [0, 0.05) is 0 Å². The van der Waals surface area contributed by atoms with E-state index in [1.807, 2.05) is 60.7 Å². The molecule has 0 N–H and O–H groups in total. The Hall–Kier alpha value is -2.55. The molecule has 4 heteroatoms. The molecular formula is C16H12N2O2. The zero-order valence-corrected chi connectivity index (χ0v) is 10.6. The molecule has 1 saturated heterocycles. The number of hydrogen-bond donors (Lipinski definition) is 0. The van der Waals surface area contributed by atoms with Crippen molar-refractivity contribution in [2.24, 2.45) is 0 Å². The van der Waals surface area contributed by atoms with E-state index in [2.05, 4.69) is 4.79 Å². The van der Waals surface area contributed by atoms with Gasteiger partial charge in [-0.05, 0) is 11.1 Å². The Kier molecular flexibility index (Phi) is 3.03. The molecule has 1 fully saturated rings. The quantitative estimate of drug-likeness (QED) is 0.368. The van der Waals surface area contributed by atoms with Crippen LogP contribution in [0.4, 0.5) is 0 Å². The number of hydrogen-bond acceptors (Lipinski definition) is 2. The van der Waals surface area contributed by atoms with Gasteiger partial charge in [-0.1, -0.05) is 60.7 Å². The first-order valence-corrected chi connectivity index (χ1v) is 6.29. The number of carbonyl (C=O) groups excluding carboxylic acids is 1. The molecular weight excluding hydrogens is 252 g/mol. The summed E-state index contributed by atoms with van der Waals surface area (Å²) in [5.74, 6) is -0.361. The molecule has 3 rings (SSSR count). The first-order valence-electron chi connectivity index (χ1n) is 6.29. The molecule has 0 amide bonds. The summed E-state index contributed by atoms with van der Waals surface area (Å²) >= 11 is 0. The number of carbonyl (C=O) groups is 1. The second kappa shape index (κ2) is 4.85. The number of epoxide rings is 1. The van der Waals surface area contributed by atoms with Crippen LogP contribution in [0.1, 0.15) is 17.2 Å². The van der Waals surface area contributed by atoms with Crippen LogP contribution < -0.4 is 0 Å². The van der Waals surface area contributed by atoms with Crippen LogP contribution in [-0.4, -0.2) is 16.8 Å². The van der Waals surface area contributed by atoms with E-state index >= 15 is 0 Å². The van der Waals surface area contributed by atoms with E-state index in [1.165, 1.54) is 0 Å². The molecule has 2 aromatic rings. The molecule has 0 spiro atoms. The smallest absolute Gasteiger partial charge is 0.326 e. The van der Waals surface area contributed by atoms with Crippen molar-refractivity contribution in [3.05, 3.63) is 77.3 Å². The monoisotopic (exact) mass is 264 g/mol. The average Bonchev–Trinajstić information content (AvgIpc) is 3.26. The highest BCUT2D eigenvalue weighted by Crippen LogP contribution is 2.57. The van der Waals surface area contributed by atoms with Crippen molar-refractivity contribution >= 4 is 12.0 Å². The van der Waals surface area contributed by atoms with Crippen molar-refractivity contribution in [1.29, 1.82) is 0 Å². The van der Waals surface area contributed by atoms with Crippen LogP contribution in [0.3, 0.4) is 0 Å². The summed E-state index contributed by atoms with van der Waals surface area (Å²) in [5, 5.41) is 0. The lowest BCUT2D eigenvalue weighted by molar-refractivity contribution is -0.121. The van der Waals surface area contributed by atoms with Crippen LogP contribution >= 0.6 is 0 Å². The summed E-state index contributed by atoms with van der Waals surface area (Å²) in [5.41, 5.74) is 9.24. The van der Waals surface area contributed by atoms with E-state index in [1.54, 1.807) is 0 Å². The molecule has 1 aliphatic heterocycles. The third-order valence-corrected chi connectivity index (χ3v) is 3.46. The van der Waals surface area contributed by atoms with Crippen molar-refractivity contribution in [1.82, 2.24) is 0 Å². The minimum absolute atomic E-state index is 0.350. The van der Waals surface area contributed by atoms with Gasteiger partial charge in [-0.25, -0.2) is 0 Å². The molecule has 0 radical (unpaired) electrons. The van der Waals surface area contributed by atoms with E-state index in [9.17, 15) is 4.79 Å². The van der Waals surface area contributed by atoms with Gasteiger partial charge in [0.15, 0.2) is 5.60 Å². The van der Waals surface area contributed by atoms with Crippen molar-refractivity contribution in [2.75, 3.05) is 0 Å². The molecule has 0 bridgehead atoms. The van der Waals surface area contributed by atoms with Gasteiger partial charge in [-0.15, -0.1) is 0 Å². The predicted octanol–water partition coefficient (Wildman–Crippen LogP) is 2.52. The maximum atomic E-state index is 12.3. The van der Waals surface area contributed by atoms with Crippen LogP contribution in [0, 0.1) is 0 Å². The van der Waals surface area contributed by atoms with Crippen molar-refractivity contribution in [3.8, 4) is 0 Å². The summed E-state index contributed by atoms with van der Waals surface area (Å²) in [7, 11) is 0. The summed E-state index contributed by atoms with van der Waals surface area (Å²) in [6, 6.07) is 18.8. The lowest BCUT2D eigenvalue weighted by Crippen LogP contribution is -2.24. The summed E-state index contributed by atoms with van der Waals surface area (Å²) in [4.78, 5) is 15.1. The normalized spacial score (nSPS) is 23.7. The standard InChI is InChI=1S/C16H12N2O2/c17-18-11-14(19)16(13-9-5-2-6-10-13)15(20-16)12-7-3-1-4-8-12/h1-11,15H. The lowest BCUT2D eigenvalue weighted by atomic mass is 9.88. The number of nitrogens with zero attached hydrogens (tertiary/aromatic N) is 2. The fourth-order valence-corrected chi connectivity index (χ4v) is 2.47. The zero-order valence-electron chi connectivity index (χ0n) is 10.6. The number of ketones is 1. The minimum atomic E-state index is -1.07. The van der Waals surface area contributed by atoms with Gasteiger partial charge in [0.2, 0.25) is 0 Å². The first kappa shape index (κ1) is 12.5. The molecule has 0 saturated carbocycles. The fourth-order valence-electron chi connectivity index (χ4n) is 2.47. The third kappa shape index (κ3) is 1.88. The van der Waals surface area contributed by atoms with E-state index in [0.29, 0.717) is 0 Å². The van der Waals surface area contributed by atoms with E-state index in [4.69, 9.17) is 10.3 Å². The largest absolute Gasteiger partial charge is 0.361 e. The van der Waals surface area contributed by atoms with Crippen molar-refractivity contribution in [2.45, 2.75) is 11.7 Å². The third-order valence-electron chi connectivity index (χ3n) is 3.46. The summed E-state index contributed by atoms with van der Waals surface area (Å²) < 4.78 is 5.74. The summed E-state index contributed by atoms with van der Waals surface area (Å²) in [6.45, 7) is 0. The van der Waals surface area contributed by atoms with Crippen molar-refractivity contribution in [3.63, 3.8) is 0 Å². The highest BCUT2D eigenvalue weighted by atomic mass is 16.6. The van der Waals surface area contributed by atoms with Gasteiger partial charge in [0.1, 0.15) is 6.10 Å². The molecule has 98 valence electrons. The van der Waals surface area contributed by atoms with Gasteiger partial charge < -0.3 is 10.3 Å². The molecule has 0 aliphatic carbocycles. The topological polar surface area (TPSA) is 66.0 Å². The van der Waals surface area contributed by atoms with Crippen LogP contribution in [0.15, 0.2) is 60.7 Å². The maximum Gasteiger partial charge on any atom is 0.326 e. The second-order valence-electron chi connectivity index (χ2n) is 4.62. The SMILES string of the molecule is [N-]=[N+]=CC(=O)C1(c2ccccc2)OC1c1ccccc1. The fraction of sp³-hybridized carbons (Fsp3) is 0.125. The average molecular weight is 264 g/mol. The van der Waals surface area contributed by atoms with Gasteiger partial charge >= 0.3 is 6.21 Å². The first-order chi connectivity index (χ1) is 9.79. The Morgan fingerprint density at radius 2 is 1.70 bits per heavy atom. The highest BCUT2D eigenvalue weighted by molar-refractivity contribution is 6.30. The number of benzene rings is 2. The Balaban J connectivity index is 2.05. The molecule has 2 atom stereocenters. The van der Waals surface area contributed by atoms with Gasteiger partial charge in [-0.2, -0.15) is 4.79 Å². The predicted molar refractivity (Wildman–Crippen MR) is 73.1 cm³/mol. The van der Waals surface area contributed by atoms with Crippen LogP contribution in [0.5, 0.6) is 0 Å². The van der Waals surface area contributed by atoms with Gasteiger partial charge in [-0.3, -0.25) is 4.79 Å². The number of ether oxygens (including phenoxy) is 1. The Morgan fingerprint density at radius 1 is 1.10 bits per heavy atom. The Labute approximate surface area is 116 Å². The number of rotatable bonds is 4. The Bertz CT molecular complexity index is 678. The van der Waals surface area contributed by atoms with Crippen LogP contribution in [0.2, 0.25) is 0 Å². The minimum Gasteiger partial charge on any atom is -0.361 e. The van der Waals surface area contributed by atoms with Gasteiger partial charge in [0.25, 0.3) is 5.78 Å². The summed E-state index contributed by atoms with van der Waals surface area (Å²) in [6.07, 6.45) is 0.548. The molecule has 20 heavy (non-hydrogen) atoms. The molecule has 4 nitrogen and oxygen atoms in total. The van der Waals surface area contributed by atoms with Crippen LogP contribution in [0.25, 0.3) is 5.53 Å². The molecule has 2 unspecified atom stereocenters.